The number of guanidine groups is 1. The van der Waals surface area contributed by atoms with Crippen LogP contribution in [-0.4, -0.2) is 68.4 Å². The fourth-order valence-electron chi connectivity index (χ4n) is 3.11. The number of rotatable bonds is 9. The van der Waals surface area contributed by atoms with Crippen molar-refractivity contribution >= 4 is 5.96 Å². The Hall–Kier alpha value is -1.86. The molecule has 0 radical (unpaired) electrons. The Morgan fingerprint density at radius 2 is 2.07 bits per heavy atom. The van der Waals surface area contributed by atoms with E-state index in [9.17, 15) is 0 Å². The maximum atomic E-state index is 5.52. The van der Waals surface area contributed by atoms with Gasteiger partial charge in [-0.25, -0.2) is 4.98 Å². The van der Waals surface area contributed by atoms with Gasteiger partial charge in [0, 0.05) is 51.5 Å². The number of morpholine rings is 1. The van der Waals surface area contributed by atoms with Gasteiger partial charge in [-0.2, -0.15) is 0 Å². The number of aliphatic imine (C=N–C) groups is 1. The zero-order chi connectivity index (χ0) is 19.5. The van der Waals surface area contributed by atoms with Crippen LogP contribution in [0, 0.1) is 5.92 Å². The van der Waals surface area contributed by atoms with Crippen LogP contribution in [0.15, 0.2) is 23.3 Å². The molecule has 0 saturated carbocycles. The lowest BCUT2D eigenvalue weighted by Crippen LogP contribution is -2.52. The molecule has 1 aromatic rings. The molecule has 1 saturated heterocycles. The van der Waals surface area contributed by atoms with Crippen molar-refractivity contribution in [3.8, 4) is 5.88 Å². The molecule has 27 heavy (non-hydrogen) atoms. The summed E-state index contributed by atoms with van der Waals surface area (Å²) in [6, 6.07) is 4.41. The van der Waals surface area contributed by atoms with Crippen LogP contribution in [0.5, 0.6) is 5.88 Å². The summed E-state index contributed by atoms with van der Waals surface area (Å²) < 4.78 is 11.0. The quantitative estimate of drug-likeness (QED) is 0.506. The highest BCUT2D eigenvalue weighted by atomic mass is 16.5. The summed E-state index contributed by atoms with van der Waals surface area (Å²) >= 11 is 0. The largest absolute Gasteiger partial charge is 0.478 e. The molecule has 0 aromatic carbocycles. The van der Waals surface area contributed by atoms with Crippen molar-refractivity contribution in [2.24, 2.45) is 10.9 Å². The summed E-state index contributed by atoms with van der Waals surface area (Å²) in [5.41, 5.74) is 1.09. The highest BCUT2D eigenvalue weighted by Gasteiger charge is 2.23. The highest BCUT2D eigenvalue weighted by molar-refractivity contribution is 5.79. The van der Waals surface area contributed by atoms with E-state index in [1.54, 1.807) is 7.05 Å². The molecule has 0 spiro atoms. The van der Waals surface area contributed by atoms with Gasteiger partial charge in [-0.05, 0) is 17.9 Å². The van der Waals surface area contributed by atoms with Gasteiger partial charge in [-0.15, -0.1) is 0 Å². The van der Waals surface area contributed by atoms with E-state index in [1.165, 1.54) is 0 Å². The molecule has 152 valence electrons. The molecule has 2 rings (SSSR count). The van der Waals surface area contributed by atoms with Crippen molar-refractivity contribution < 1.29 is 9.47 Å². The molecule has 2 heterocycles. The molecular weight excluding hydrogens is 342 g/mol. The Morgan fingerprint density at radius 1 is 1.30 bits per heavy atom. The Labute approximate surface area is 163 Å². The van der Waals surface area contributed by atoms with Gasteiger partial charge in [-0.3, -0.25) is 9.89 Å². The van der Waals surface area contributed by atoms with Crippen LogP contribution >= 0.6 is 0 Å². The standard InChI is InChI=1S/C20H35N5O2/c1-5-10-27-19-7-6-17(13-22-19)14-23-20(21-4)24-15-18(16(2)3)25-8-11-26-12-9-25/h6-7,13,16,18H,5,8-12,14-15H2,1-4H3,(H2,21,23,24). The number of nitrogens with one attached hydrogen (secondary N) is 2. The van der Waals surface area contributed by atoms with Crippen molar-refractivity contribution in [3.63, 3.8) is 0 Å². The van der Waals surface area contributed by atoms with Crippen molar-refractivity contribution in [3.05, 3.63) is 23.9 Å². The average Bonchev–Trinajstić information content (AvgIpc) is 2.70. The minimum absolute atomic E-state index is 0.462. The third-order valence-electron chi connectivity index (χ3n) is 4.70. The van der Waals surface area contributed by atoms with Gasteiger partial charge >= 0.3 is 0 Å². The van der Waals surface area contributed by atoms with Gasteiger partial charge in [0.1, 0.15) is 0 Å². The highest BCUT2D eigenvalue weighted by Crippen LogP contribution is 2.12. The van der Waals surface area contributed by atoms with Crippen LogP contribution in [0.2, 0.25) is 0 Å². The third kappa shape index (κ3) is 7.34. The SMILES string of the molecule is CCCOc1ccc(CNC(=NC)NCC(C(C)C)N2CCOCC2)cn1. The zero-order valence-corrected chi connectivity index (χ0v) is 17.2. The minimum Gasteiger partial charge on any atom is -0.478 e. The third-order valence-corrected chi connectivity index (χ3v) is 4.70. The van der Waals surface area contributed by atoms with Gasteiger partial charge in [0.25, 0.3) is 0 Å². The van der Waals surface area contributed by atoms with Gasteiger partial charge in [0.2, 0.25) is 5.88 Å². The summed E-state index contributed by atoms with van der Waals surface area (Å²) in [7, 11) is 1.80. The van der Waals surface area contributed by atoms with Crippen molar-refractivity contribution in [2.45, 2.75) is 39.8 Å². The smallest absolute Gasteiger partial charge is 0.213 e. The molecule has 0 amide bonds. The van der Waals surface area contributed by atoms with Crippen molar-refractivity contribution in [1.82, 2.24) is 20.5 Å². The summed E-state index contributed by atoms with van der Waals surface area (Å²) in [5, 5.41) is 6.83. The van der Waals surface area contributed by atoms with Gasteiger partial charge in [0.05, 0.1) is 19.8 Å². The molecule has 0 bridgehead atoms. The maximum absolute atomic E-state index is 5.52. The monoisotopic (exact) mass is 377 g/mol. The lowest BCUT2D eigenvalue weighted by molar-refractivity contribution is 0.00752. The fourth-order valence-corrected chi connectivity index (χ4v) is 3.11. The minimum atomic E-state index is 0.462. The van der Waals surface area contributed by atoms with Gasteiger partial charge in [0.15, 0.2) is 5.96 Å². The Bertz CT molecular complexity index is 556. The molecule has 1 aliphatic heterocycles. The number of pyridine rings is 1. The van der Waals surface area contributed by atoms with E-state index in [0.29, 0.717) is 31.0 Å². The molecule has 7 heteroatoms. The molecule has 1 atom stereocenters. The molecule has 2 N–H and O–H groups in total. The molecule has 7 nitrogen and oxygen atoms in total. The Morgan fingerprint density at radius 3 is 2.67 bits per heavy atom. The van der Waals surface area contributed by atoms with Crippen LogP contribution in [0.4, 0.5) is 0 Å². The molecule has 1 aliphatic rings. The normalized spacial score (nSPS) is 17.0. The lowest BCUT2D eigenvalue weighted by atomic mass is 10.0. The first-order valence-corrected chi connectivity index (χ1v) is 9.98. The van der Waals surface area contributed by atoms with E-state index < -0.39 is 0 Å². The number of aromatic nitrogens is 1. The second-order valence-electron chi connectivity index (χ2n) is 7.12. The van der Waals surface area contributed by atoms with E-state index in [-0.39, 0.29) is 0 Å². The molecular formula is C20H35N5O2. The van der Waals surface area contributed by atoms with Gasteiger partial charge in [-0.1, -0.05) is 26.8 Å². The Kier molecular flexibility index (Phi) is 9.35. The first-order chi connectivity index (χ1) is 13.1. The van der Waals surface area contributed by atoms with Crippen LogP contribution < -0.4 is 15.4 Å². The number of ether oxygens (including phenoxy) is 2. The predicted octanol–water partition coefficient (Wildman–Crippen LogP) is 1.89. The molecule has 0 aliphatic carbocycles. The number of hydrogen-bond donors (Lipinski definition) is 2. The molecule has 1 unspecified atom stereocenters. The topological polar surface area (TPSA) is 71.0 Å². The number of hydrogen-bond acceptors (Lipinski definition) is 5. The van der Waals surface area contributed by atoms with E-state index in [4.69, 9.17) is 9.47 Å². The van der Waals surface area contributed by atoms with E-state index in [0.717, 1.165) is 50.8 Å². The second-order valence-corrected chi connectivity index (χ2v) is 7.12. The zero-order valence-electron chi connectivity index (χ0n) is 17.2. The summed E-state index contributed by atoms with van der Waals surface area (Å²) in [4.78, 5) is 11.2. The Balaban J connectivity index is 1.80. The maximum Gasteiger partial charge on any atom is 0.213 e. The lowest BCUT2D eigenvalue weighted by Gasteiger charge is -2.37. The predicted molar refractivity (Wildman–Crippen MR) is 109 cm³/mol. The summed E-state index contributed by atoms with van der Waals surface area (Å²) in [5.74, 6) is 2.04. The summed E-state index contributed by atoms with van der Waals surface area (Å²) in [6.07, 6.45) is 2.82. The first kappa shape index (κ1) is 21.4. The van der Waals surface area contributed by atoms with Crippen LogP contribution in [0.25, 0.3) is 0 Å². The van der Waals surface area contributed by atoms with E-state index in [2.05, 4.69) is 46.3 Å². The van der Waals surface area contributed by atoms with Crippen LogP contribution in [0.1, 0.15) is 32.8 Å². The number of nitrogens with zero attached hydrogens (tertiary/aromatic N) is 3. The van der Waals surface area contributed by atoms with Crippen molar-refractivity contribution in [1.29, 1.82) is 0 Å². The average molecular weight is 378 g/mol. The van der Waals surface area contributed by atoms with Crippen LogP contribution in [-0.2, 0) is 11.3 Å². The van der Waals surface area contributed by atoms with E-state index >= 15 is 0 Å². The van der Waals surface area contributed by atoms with Gasteiger partial charge < -0.3 is 20.1 Å². The van der Waals surface area contributed by atoms with E-state index in [1.807, 2.05) is 18.3 Å². The second kappa shape index (κ2) is 11.8. The van der Waals surface area contributed by atoms with Crippen LogP contribution in [0.3, 0.4) is 0 Å². The fraction of sp³-hybridized carbons (Fsp3) is 0.700. The molecule has 1 aromatic heterocycles. The first-order valence-electron chi connectivity index (χ1n) is 9.98. The van der Waals surface area contributed by atoms with Crippen molar-refractivity contribution in [2.75, 3.05) is 46.5 Å². The summed E-state index contributed by atoms with van der Waals surface area (Å²) in [6.45, 7) is 12.5. The molecule has 1 fully saturated rings.